The summed E-state index contributed by atoms with van der Waals surface area (Å²) in [5.74, 6) is 2.60. The molecule has 150 valence electrons. The predicted molar refractivity (Wildman–Crippen MR) is 113 cm³/mol. The predicted octanol–water partition coefficient (Wildman–Crippen LogP) is 2.60. The van der Waals surface area contributed by atoms with Crippen LogP contribution in [0.1, 0.15) is 12.0 Å². The van der Waals surface area contributed by atoms with Crippen molar-refractivity contribution in [3.8, 4) is 5.75 Å². The zero-order valence-electron chi connectivity index (χ0n) is 16.4. The van der Waals surface area contributed by atoms with E-state index < -0.39 is 0 Å². The van der Waals surface area contributed by atoms with Gasteiger partial charge in [0.2, 0.25) is 5.95 Å². The van der Waals surface area contributed by atoms with Gasteiger partial charge >= 0.3 is 0 Å². The van der Waals surface area contributed by atoms with Gasteiger partial charge in [-0.3, -0.25) is 4.99 Å². The number of aromatic nitrogens is 2. The number of hydrogen-bond acceptors (Lipinski definition) is 5. The minimum Gasteiger partial charge on any atom is -0.493 e. The summed E-state index contributed by atoms with van der Waals surface area (Å²) in [5.41, 5.74) is 1.05. The number of aryl methyl sites for hydroxylation is 1. The highest BCUT2D eigenvalue weighted by atomic mass is 35.5. The maximum Gasteiger partial charge on any atom is 0.225 e. The van der Waals surface area contributed by atoms with E-state index in [1.165, 1.54) is 0 Å². The number of hydrogen-bond donors (Lipinski definition) is 1. The summed E-state index contributed by atoms with van der Waals surface area (Å²) in [7, 11) is 1.82. The van der Waals surface area contributed by atoms with Crippen LogP contribution in [0.5, 0.6) is 5.75 Å². The molecule has 1 N–H and O–H groups in total. The van der Waals surface area contributed by atoms with Gasteiger partial charge in [0.1, 0.15) is 5.75 Å². The monoisotopic (exact) mass is 402 g/mol. The molecular weight excluding hydrogens is 376 g/mol. The molecule has 0 atom stereocenters. The highest BCUT2D eigenvalue weighted by Crippen LogP contribution is 2.21. The molecule has 1 aliphatic heterocycles. The van der Waals surface area contributed by atoms with Crippen LogP contribution >= 0.6 is 11.6 Å². The van der Waals surface area contributed by atoms with Gasteiger partial charge in [0.25, 0.3) is 0 Å². The number of aliphatic imine (C=N–C) groups is 1. The summed E-state index contributed by atoms with van der Waals surface area (Å²) < 4.78 is 5.84. The molecular formula is C20H27ClN6O. The van der Waals surface area contributed by atoms with Crippen LogP contribution in [0.4, 0.5) is 5.95 Å². The highest BCUT2D eigenvalue weighted by Gasteiger charge is 2.20. The van der Waals surface area contributed by atoms with E-state index >= 15 is 0 Å². The standard InChI is InChI=1S/C20H27ClN6O/c1-16-15-17(21)5-6-18(16)28-14-4-9-23-19(22-2)26-10-12-27(13-11-26)20-24-7-3-8-25-20/h3,5-8,15H,4,9-14H2,1-2H3,(H,22,23). The van der Waals surface area contributed by atoms with Crippen LogP contribution in [0.3, 0.4) is 0 Å². The number of ether oxygens (including phenoxy) is 1. The second kappa shape index (κ2) is 10.1. The third-order valence-corrected chi connectivity index (χ3v) is 4.86. The highest BCUT2D eigenvalue weighted by molar-refractivity contribution is 6.30. The Morgan fingerprint density at radius 1 is 1.21 bits per heavy atom. The van der Waals surface area contributed by atoms with Crippen molar-refractivity contribution in [2.75, 3.05) is 51.3 Å². The summed E-state index contributed by atoms with van der Waals surface area (Å²) >= 11 is 5.98. The normalized spacial score (nSPS) is 14.9. The first-order valence-electron chi connectivity index (χ1n) is 9.54. The van der Waals surface area contributed by atoms with Crippen molar-refractivity contribution in [1.82, 2.24) is 20.2 Å². The van der Waals surface area contributed by atoms with Crippen molar-refractivity contribution in [2.24, 2.45) is 4.99 Å². The maximum absolute atomic E-state index is 5.98. The fourth-order valence-electron chi connectivity index (χ4n) is 3.13. The number of piperazine rings is 1. The molecule has 0 amide bonds. The van der Waals surface area contributed by atoms with Gasteiger partial charge in [-0.25, -0.2) is 9.97 Å². The first kappa shape index (κ1) is 20.2. The van der Waals surface area contributed by atoms with Crippen LogP contribution in [-0.4, -0.2) is 67.2 Å². The Balaban J connectivity index is 1.38. The van der Waals surface area contributed by atoms with Crippen LogP contribution in [-0.2, 0) is 0 Å². The topological polar surface area (TPSA) is 65.9 Å². The Hall–Kier alpha value is -2.54. The van der Waals surface area contributed by atoms with E-state index in [4.69, 9.17) is 16.3 Å². The van der Waals surface area contributed by atoms with E-state index in [0.717, 1.165) is 67.4 Å². The molecule has 8 heteroatoms. The number of guanidine groups is 1. The van der Waals surface area contributed by atoms with Gasteiger partial charge in [-0.2, -0.15) is 0 Å². The van der Waals surface area contributed by atoms with Gasteiger partial charge in [-0.1, -0.05) is 11.6 Å². The summed E-state index contributed by atoms with van der Waals surface area (Å²) in [5, 5.41) is 4.16. The molecule has 1 aromatic heterocycles. The second-order valence-corrected chi connectivity index (χ2v) is 7.05. The number of rotatable bonds is 6. The number of benzene rings is 1. The van der Waals surface area contributed by atoms with Crippen molar-refractivity contribution in [1.29, 1.82) is 0 Å². The molecule has 0 unspecified atom stereocenters. The minimum atomic E-state index is 0.644. The first-order valence-corrected chi connectivity index (χ1v) is 9.91. The summed E-state index contributed by atoms with van der Waals surface area (Å²) in [6.07, 6.45) is 4.45. The van der Waals surface area contributed by atoms with Gasteiger partial charge in [-0.15, -0.1) is 0 Å². The van der Waals surface area contributed by atoms with Crippen molar-refractivity contribution in [2.45, 2.75) is 13.3 Å². The van der Waals surface area contributed by atoms with Gasteiger partial charge in [0.05, 0.1) is 6.61 Å². The van der Waals surface area contributed by atoms with E-state index in [2.05, 4.69) is 30.1 Å². The molecule has 1 saturated heterocycles. The lowest BCUT2D eigenvalue weighted by Gasteiger charge is -2.36. The SMILES string of the molecule is CN=C(NCCCOc1ccc(Cl)cc1C)N1CCN(c2ncccn2)CC1. The zero-order chi connectivity index (χ0) is 19.8. The van der Waals surface area contributed by atoms with Crippen molar-refractivity contribution >= 4 is 23.5 Å². The van der Waals surface area contributed by atoms with Gasteiger partial charge < -0.3 is 19.9 Å². The minimum absolute atomic E-state index is 0.644. The lowest BCUT2D eigenvalue weighted by atomic mass is 10.2. The molecule has 7 nitrogen and oxygen atoms in total. The summed E-state index contributed by atoms with van der Waals surface area (Å²) in [4.78, 5) is 17.5. The number of nitrogens with zero attached hydrogens (tertiary/aromatic N) is 5. The van der Waals surface area contributed by atoms with E-state index in [-0.39, 0.29) is 0 Å². The molecule has 2 aromatic rings. The third kappa shape index (κ3) is 5.48. The molecule has 0 spiro atoms. The average molecular weight is 403 g/mol. The molecule has 1 aliphatic rings. The van der Waals surface area contributed by atoms with E-state index in [9.17, 15) is 0 Å². The van der Waals surface area contributed by atoms with Gasteiger partial charge in [0.15, 0.2) is 5.96 Å². The first-order chi connectivity index (χ1) is 13.7. The van der Waals surface area contributed by atoms with Crippen molar-refractivity contribution in [3.63, 3.8) is 0 Å². The maximum atomic E-state index is 5.98. The van der Waals surface area contributed by atoms with Gasteiger partial charge in [-0.05, 0) is 43.2 Å². The smallest absolute Gasteiger partial charge is 0.225 e. The lowest BCUT2D eigenvalue weighted by Crippen LogP contribution is -2.53. The van der Waals surface area contributed by atoms with E-state index in [1.807, 2.05) is 38.2 Å². The summed E-state index contributed by atoms with van der Waals surface area (Å²) in [6.45, 7) is 6.98. The van der Waals surface area contributed by atoms with Crippen LogP contribution < -0.4 is 15.0 Å². The molecule has 0 bridgehead atoms. The van der Waals surface area contributed by atoms with E-state index in [0.29, 0.717) is 6.61 Å². The van der Waals surface area contributed by atoms with Crippen LogP contribution in [0, 0.1) is 6.92 Å². The van der Waals surface area contributed by atoms with E-state index in [1.54, 1.807) is 12.4 Å². The Labute approximate surface area is 171 Å². The lowest BCUT2D eigenvalue weighted by molar-refractivity contribution is 0.307. The quantitative estimate of drug-likeness (QED) is 0.455. The largest absolute Gasteiger partial charge is 0.493 e. The van der Waals surface area contributed by atoms with Crippen LogP contribution in [0.15, 0.2) is 41.7 Å². The summed E-state index contributed by atoms with van der Waals surface area (Å²) in [6, 6.07) is 7.52. The van der Waals surface area contributed by atoms with Crippen LogP contribution in [0.25, 0.3) is 0 Å². The average Bonchev–Trinajstić information content (AvgIpc) is 2.73. The number of halogens is 1. The third-order valence-electron chi connectivity index (χ3n) is 4.62. The number of anilines is 1. The molecule has 28 heavy (non-hydrogen) atoms. The number of nitrogens with one attached hydrogen (secondary N) is 1. The molecule has 0 radical (unpaired) electrons. The molecule has 3 rings (SSSR count). The Bertz CT molecular complexity index is 778. The molecule has 0 saturated carbocycles. The zero-order valence-corrected chi connectivity index (χ0v) is 17.2. The van der Waals surface area contributed by atoms with Crippen molar-refractivity contribution < 1.29 is 4.74 Å². The van der Waals surface area contributed by atoms with Crippen molar-refractivity contribution in [3.05, 3.63) is 47.2 Å². The van der Waals surface area contributed by atoms with Crippen LogP contribution in [0.2, 0.25) is 5.02 Å². The Morgan fingerprint density at radius 3 is 2.64 bits per heavy atom. The molecule has 0 aliphatic carbocycles. The molecule has 1 aromatic carbocycles. The fraction of sp³-hybridized carbons (Fsp3) is 0.450. The van der Waals surface area contributed by atoms with Gasteiger partial charge in [0, 0.05) is 57.2 Å². The Morgan fingerprint density at radius 2 is 1.96 bits per heavy atom. The molecule has 1 fully saturated rings. The second-order valence-electron chi connectivity index (χ2n) is 6.61. The fourth-order valence-corrected chi connectivity index (χ4v) is 3.36. The Kier molecular flexibility index (Phi) is 7.31. The molecule has 2 heterocycles.